The van der Waals surface area contributed by atoms with Gasteiger partial charge in [0.1, 0.15) is 0 Å². The molecule has 0 aliphatic carbocycles. The number of benzene rings is 6. The molecule has 2 aromatic heterocycles. The number of nitrogens with zero attached hydrogens (tertiary/aromatic N) is 2. The summed E-state index contributed by atoms with van der Waals surface area (Å²) in [5.41, 5.74) is 7.11. The highest BCUT2D eigenvalue weighted by Crippen LogP contribution is 2.39. The summed E-state index contributed by atoms with van der Waals surface area (Å²) in [5, 5.41) is 3.43. The molecule has 38 heavy (non-hydrogen) atoms. The van der Waals surface area contributed by atoms with Crippen molar-refractivity contribution < 1.29 is 6.85 Å². The van der Waals surface area contributed by atoms with Gasteiger partial charge in [0, 0.05) is 27.2 Å². The molecular formula is C36H24N2. The van der Waals surface area contributed by atoms with Gasteiger partial charge in [-0.05, 0) is 47.5 Å². The second-order valence-corrected chi connectivity index (χ2v) is 9.44. The fourth-order valence-electron chi connectivity index (χ4n) is 5.77. The Morgan fingerprint density at radius 1 is 0.447 bits per heavy atom. The van der Waals surface area contributed by atoms with Crippen LogP contribution in [0.4, 0.5) is 0 Å². The minimum atomic E-state index is -0.249. The Balaban J connectivity index is 1.53. The molecule has 2 nitrogen and oxygen atoms in total. The monoisotopic (exact) mass is 489 g/mol. The molecule has 8 rings (SSSR count). The Hall–Kier alpha value is -5.08. The van der Waals surface area contributed by atoms with Crippen LogP contribution in [0.2, 0.25) is 0 Å². The maximum absolute atomic E-state index is 8.99. The smallest absolute Gasteiger partial charge is 0.0782 e. The highest BCUT2D eigenvalue weighted by Gasteiger charge is 2.19. The summed E-state index contributed by atoms with van der Waals surface area (Å²) in [4.78, 5) is 0. The van der Waals surface area contributed by atoms with Crippen molar-refractivity contribution in [3.8, 4) is 22.5 Å². The van der Waals surface area contributed by atoms with Crippen LogP contribution < -0.4 is 0 Å². The first-order valence-electron chi connectivity index (χ1n) is 15.1. The molecule has 0 bridgehead atoms. The van der Waals surface area contributed by atoms with Crippen LogP contribution >= 0.6 is 0 Å². The molecule has 8 aromatic rings. The molecule has 0 saturated heterocycles. The van der Waals surface area contributed by atoms with Crippen molar-refractivity contribution in [3.63, 3.8) is 0 Å². The molecule has 0 radical (unpaired) electrons. The molecule has 0 unspecified atom stereocenters. The van der Waals surface area contributed by atoms with Crippen molar-refractivity contribution in [2.24, 2.45) is 0 Å². The number of hydrogen-bond donors (Lipinski definition) is 0. The zero-order valence-corrected chi connectivity index (χ0v) is 20.4. The van der Waals surface area contributed by atoms with Crippen LogP contribution in [0.15, 0.2) is 145 Å². The lowest BCUT2D eigenvalue weighted by Crippen LogP contribution is -2.00. The average Bonchev–Trinajstić information content (AvgIpc) is 3.57. The van der Waals surface area contributed by atoms with Gasteiger partial charge in [0.25, 0.3) is 0 Å². The standard InChI is InChI=1S/C36H24N2/c1-2-12-25(13-3-1)26-14-10-15-27(24-26)37-32-20-7-6-18-30(32)31-19-11-23-35(36(31)37)38-33-21-8-4-16-28(33)29-17-5-9-22-34(29)38/h1-24H/i1D,4D,8D,16D,21D. The van der Waals surface area contributed by atoms with E-state index in [4.69, 9.17) is 6.85 Å². The Morgan fingerprint density at radius 3 is 1.95 bits per heavy atom. The SMILES string of the molecule is [2H]c1ccc(-c2cccc(-n3c4ccccc4c4cccc(-n5c6ccccc6c6c([2H])c([2H])c([2H])c([2H])c65)c43)c2)cc1. The van der Waals surface area contributed by atoms with E-state index < -0.39 is 0 Å². The quantitative estimate of drug-likeness (QED) is 0.234. The van der Waals surface area contributed by atoms with E-state index in [1.807, 2.05) is 71.3 Å². The summed E-state index contributed by atoms with van der Waals surface area (Å²) >= 11 is 0. The molecule has 0 saturated carbocycles. The van der Waals surface area contributed by atoms with Gasteiger partial charge in [-0.15, -0.1) is 0 Å². The first-order chi connectivity index (χ1) is 20.9. The molecule has 178 valence electrons. The zero-order valence-electron chi connectivity index (χ0n) is 25.4. The highest BCUT2D eigenvalue weighted by molar-refractivity contribution is 6.15. The maximum atomic E-state index is 8.99. The van der Waals surface area contributed by atoms with Gasteiger partial charge in [-0.1, -0.05) is 109 Å². The molecule has 0 aliphatic heterocycles. The summed E-state index contributed by atoms with van der Waals surface area (Å²) < 4.78 is 46.8. The van der Waals surface area contributed by atoms with Crippen LogP contribution in [-0.4, -0.2) is 9.13 Å². The van der Waals surface area contributed by atoms with E-state index in [-0.39, 0.29) is 24.2 Å². The van der Waals surface area contributed by atoms with Crippen molar-refractivity contribution in [3.05, 3.63) is 145 Å². The molecule has 2 heteroatoms. The fourth-order valence-corrected chi connectivity index (χ4v) is 5.77. The van der Waals surface area contributed by atoms with Gasteiger partial charge in [-0.2, -0.15) is 0 Å². The predicted molar refractivity (Wildman–Crippen MR) is 161 cm³/mol. The van der Waals surface area contributed by atoms with Gasteiger partial charge in [-0.3, -0.25) is 0 Å². The van der Waals surface area contributed by atoms with E-state index in [1.54, 1.807) is 12.1 Å². The Labute approximate surface area is 227 Å². The van der Waals surface area contributed by atoms with Crippen LogP contribution in [0.25, 0.3) is 66.1 Å². The third-order valence-electron chi connectivity index (χ3n) is 7.38. The fraction of sp³-hybridized carbons (Fsp3) is 0. The number of rotatable bonds is 3. The number of hydrogen-bond acceptors (Lipinski definition) is 0. The van der Waals surface area contributed by atoms with Gasteiger partial charge in [0.2, 0.25) is 0 Å². The van der Waals surface area contributed by atoms with E-state index in [9.17, 15) is 0 Å². The second kappa shape index (κ2) is 8.22. The number of para-hydroxylation sites is 4. The van der Waals surface area contributed by atoms with Crippen LogP contribution in [0.5, 0.6) is 0 Å². The summed E-state index contributed by atoms with van der Waals surface area (Å²) in [7, 11) is 0. The van der Waals surface area contributed by atoms with E-state index in [1.165, 1.54) is 0 Å². The van der Waals surface area contributed by atoms with Crippen LogP contribution in [0.3, 0.4) is 0 Å². The largest absolute Gasteiger partial charge is 0.307 e. The van der Waals surface area contributed by atoms with Crippen LogP contribution in [0, 0.1) is 0 Å². The van der Waals surface area contributed by atoms with E-state index in [2.05, 4.69) is 41.0 Å². The molecule has 0 fully saturated rings. The molecule has 0 atom stereocenters. The van der Waals surface area contributed by atoms with Crippen molar-refractivity contribution in [1.82, 2.24) is 9.13 Å². The van der Waals surface area contributed by atoms with Gasteiger partial charge < -0.3 is 9.13 Å². The molecule has 0 aliphatic rings. The normalized spacial score (nSPS) is 13.5. The van der Waals surface area contributed by atoms with Crippen molar-refractivity contribution in [2.75, 3.05) is 0 Å². The lowest BCUT2D eigenvalue weighted by Gasteiger charge is -2.15. The van der Waals surface area contributed by atoms with Crippen molar-refractivity contribution >= 4 is 43.6 Å². The van der Waals surface area contributed by atoms with Gasteiger partial charge in [-0.25, -0.2) is 0 Å². The summed E-state index contributed by atoms with van der Waals surface area (Å²) in [6, 6.07) is 38.0. The maximum Gasteiger partial charge on any atom is 0.0782 e. The second-order valence-electron chi connectivity index (χ2n) is 9.44. The average molecular weight is 490 g/mol. The minimum absolute atomic E-state index is 0.0370. The van der Waals surface area contributed by atoms with Crippen molar-refractivity contribution in [2.45, 2.75) is 0 Å². The lowest BCUT2D eigenvalue weighted by atomic mass is 10.1. The topological polar surface area (TPSA) is 9.86 Å². The lowest BCUT2D eigenvalue weighted by molar-refractivity contribution is 1.13. The summed E-state index contributed by atoms with van der Waals surface area (Å²) in [6.07, 6.45) is 0. The van der Waals surface area contributed by atoms with Gasteiger partial charge >= 0.3 is 0 Å². The predicted octanol–water partition coefficient (Wildman–Crippen LogP) is 9.55. The highest BCUT2D eigenvalue weighted by atomic mass is 15.1. The van der Waals surface area contributed by atoms with Gasteiger partial charge in [0.05, 0.1) is 34.6 Å². The molecule has 0 amide bonds. The first-order valence-corrected chi connectivity index (χ1v) is 12.6. The van der Waals surface area contributed by atoms with E-state index in [0.717, 1.165) is 55.2 Å². The minimum Gasteiger partial charge on any atom is -0.307 e. The first kappa shape index (κ1) is 16.6. The molecule has 0 N–H and O–H groups in total. The summed E-state index contributed by atoms with van der Waals surface area (Å²) in [5.74, 6) is 0. The zero-order chi connectivity index (χ0) is 29.4. The van der Waals surface area contributed by atoms with Gasteiger partial charge in [0.15, 0.2) is 0 Å². The molecule has 6 aromatic carbocycles. The van der Waals surface area contributed by atoms with Crippen LogP contribution in [-0.2, 0) is 0 Å². The van der Waals surface area contributed by atoms with E-state index in [0.29, 0.717) is 16.9 Å². The Morgan fingerprint density at radius 2 is 1.11 bits per heavy atom. The van der Waals surface area contributed by atoms with E-state index >= 15 is 0 Å². The Kier molecular flexibility index (Phi) is 3.60. The third kappa shape index (κ3) is 3.01. The third-order valence-corrected chi connectivity index (χ3v) is 7.38. The van der Waals surface area contributed by atoms with Crippen molar-refractivity contribution in [1.29, 1.82) is 0 Å². The molecular weight excluding hydrogens is 460 g/mol. The molecule has 0 spiro atoms. The Bertz CT molecular complexity index is 2400. The molecule has 2 heterocycles. The number of fused-ring (bicyclic) bond motifs is 6. The summed E-state index contributed by atoms with van der Waals surface area (Å²) in [6.45, 7) is 0. The van der Waals surface area contributed by atoms with Crippen LogP contribution in [0.1, 0.15) is 6.85 Å². The number of aromatic nitrogens is 2.